The van der Waals surface area contributed by atoms with Gasteiger partial charge in [0, 0.05) is 10.7 Å². The minimum atomic E-state index is -1.10. The van der Waals surface area contributed by atoms with Crippen molar-refractivity contribution in [1.82, 2.24) is 5.01 Å². The highest BCUT2D eigenvalue weighted by Crippen LogP contribution is 2.33. The first-order valence-electron chi connectivity index (χ1n) is 9.12. The van der Waals surface area contributed by atoms with Gasteiger partial charge in [-0.25, -0.2) is 9.80 Å². The van der Waals surface area contributed by atoms with E-state index in [4.69, 9.17) is 21.1 Å². The Labute approximate surface area is 174 Å². The van der Waals surface area contributed by atoms with Gasteiger partial charge in [-0.15, -0.1) is 0 Å². The Balaban J connectivity index is 1.84. The van der Waals surface area contributed by atoms with Crippen LogP contribution in [-0.4, -0.2) is 43.0 Å². The Hall–Kier alpha value is -3.06. The number of carbonyl (C=O) groups is 2. The summed E-state index contributed by atoms with van der Waals surface area (Å²) in [7, 11) is 1.32. The van der Waals surface area contributed by atoms with E-state index < -0.39 is 17.4 Å². The lowest BCUT2D eigenvalue weighted by atomic mass is 9.82. The first kappa shape index (κ1) is 20.7. The number of ether oxygens (including phenoxy) is 2. The Morgan fingerprint density at radius 1 is 1.17 bits per heavy atom. The van der Waals surface area contributed by atoms with Crippen molar-refractivity contribution < 1.29 is 19.1 Å². The smallest absolute Gasteiger partial charge is 0.342 e. The zero-order valence-corrected chi connectivity index (χ0v) is 17.2. The quantitative estimate of drug-likeness (QED) is 0.743. The highest BCUT2D eigenvalue weighted by molar-refractivity contribution is 6.30. The molecular weight excluding hydrogens is 394 g/mol. The molecule has 1 aliphatic rings. The molecule has 2 aromatic rings. The number of nitrogens with zero attached hydrogens (tertiary/aromatic N) is 2. The molecule has 0 radical (unpaired) electrons. The molecule has 2 amide bonds. The maximum Gasteiger partial charge on any atom is 0.342 e. The van der Waals surface area contributed by atoms with E-state index in [1.807, 2.05) is 6.92 Å². The molecule has 1 atom stereocenters. The van der Waals surface area contributed by atoms with Gasteiger partial charge >= 0.3 is 12.0 Å². The number of methoxy groups -OCH3 is 1. The second-order valence-electron chi connectivity index (χ2n) is 6.72. The Bertz CT molecular complexity index is 928. The van der Waals surface area contributed by atoms with Crippen molar-refractivity contribution >= 4 is 35.0 Å². The lowest BCUT2D eigenvalue weighted by molar-refractivity contribution is -0.147. The van der Waals surface area contributed by atoms with Crippen LogP contribution in [-0.2, 0) is 9.53 Å². The third-order valence-electron chi connectivity index (χ3n) is 4.61. The van der Waals surface area contributed by atoms with Gasteiger partial charge in [-0.3, -0.25) is 4.79 Å². The van der Waals surface area contributed by atoms with E-state index in [-0.39, 0.29) is 6.54 Å². The minimum Gasteiger partial charge on any atom is -0.494 e. The van der Waals surface area contributed by atoms with Crippen molar-refractivity contribution in [3.05, 3.63) is 59.1 Å². The summed E-state index contributed by atoms with van der Waals surface area (Å²) in [4.78, 5) is 25.3. The number of urea groups is 1. The third-order valence-corrected chi connectivity index (χ3v) is 4.87. The molecule has 0 aromatic heterocycles. The van der Waals surface area contributed by atoms with Crippen molar-refractivity contribution in [1.29, 1.82) is 0 Å². The second-order valence-corrected chi connectivity index (χ2v) is 7.16. The number of halogens is 1. The van der Waals surface area contributed by atoms with E-state index in [1.165, 1.54) is 12.1 Å². The Kier molecular flexibility index (Phi) is 6.08. The SMILES string of the molecule is CCOc1ccc(NC(=O)N2C[C@](C)(C(=O)OC)C(c3ccc(Cl)cc3)=N2)cc1. The summed E-state index contributed by atoms with van der Waals surface area (Å²) >= 11 is 5.96. The molecule has 0 saturated heterocycles. The molecule has 3 rings (SSSR count). The number of hydrogen-bond acceptors (Lipinski definition) is 5. The maximum absolute atomic E-state index is 12.8. The molecule has 1 heterocycles. The summed E-state index contributed by atoms with van der Waals surface area (Å²) in [6.07, 6.45) is 0. The number of hydrogen-bond donors (Lipinski definition) is 1. The van der Waals surface area contributed by atoms with Gasteiger partial charge in [0.1, 0.15) is 11.2 Å². The molecular formula is C21H22ClN3O4. The molecule has 29 heavy (non-hydrogen) atoms. The van der Waals surface area contributed by atoms with Crippen molar-refractivity contribution in [2.45, 2.75) is 13.8 Å². The van der Waals surface area contributed by atoms with E-state index in [1.54, 1.807) is 55.5 Å². The van der Waals surface area contributed by atoms with Crippen molar-refractivity contribution in [2.75, 3.05) is 25.6 Å². The third kappa shape index (κ3) is 4.35. The number of amides is 2. The van der Waals surface area contributed by atoms with Crippen LogP contribution >= 0.6 is 11.6 Å². The number of esters is 1. The molecule has 0 fully saturated rings. The highest BCUT2D eigenvalue weighted by atomic mass is 35.5. The summed E-state index contributed by atoms with van der Waals surface area (Å²) in [5, 5.41) is 9.00. The van der Waals surface area contributed by atoms with Crippen LogP contribution in [0.1, 0.15) is 19.4 Å². The number of benzene rings is 2. The second kappa shape index (κ2) is 8.53. The van der Waals surface area contributed by atoms with Gasteiger partial charge in [0.2, 0.25) is 0 Å². The lowest BCUT2D eigenvalue weighted by Gasteiger charge is -2.23. The van der Waals surface area contributed by atoms with Gasteiger partial charge in [-0.05, 0) is 55.8 Å². The number of hydrazone groups is 1. The molecule has 1 aliphatic heterocycles. The van der Waals surface area contributed by atoms with E-state index in [9.17, 15) is 9.59 Å². The first-order valence-corrected chi connectivity index (χ1v) is 9.50. The molecule has 0 aliphatic carbocycles. The minimum absolute atomic E-state index is 0.0560. The molecule has 2 aromatic carbocycles. The number of anilines is 1. The maximum atomic E-state index is 12.8. The van der Waals surface area contributed by atoms with Crippen LogP contribution in [0.4, 0.5) is 10.5 Å². The molecule has 0 spiro atoms. The number of rotatable bonds is 5. The molecule has 0 unspecified atom stereocenters. The van der Waals surface area contributed by atoms with Crippen LogP contribution in [0.3, 0.4) is 0 Å². The summed E-state index contributed by atoms with van der Waals surface area (Å²) in [5.74, 6) is 0.246. The average molecular weight is 416 g/mol. The van der Waals surface area contributed by atoms with Crippen LogP contribution in [0, 0.1) is 5.41 Å². The van der Waals surface area contributed by atoms with Gasteiger partial charge in [0.25, 0.3) is 0 Å². The van der Waals surface area contributed by atoms with Gasteiger partial charge < -0.3 is 14.8 Å². The molecule has 1 N–H and O–H groups in total. The fourth-order valence-corrected chi connectivity index (χ4v) is 3.24. The van der Waals surface area contributed by atoms with E-state index in [0.717, 1.165) is 0 Å². The number of nitrogens with one attached hydrogen (secondary N) is 1. The summed E-state index contributed by atoms with van der Waals surface area (Å²) < 4.78 is 10.4. The van der Waals surface area contributed by atoms with Gasteiger partial charge in [-0.2, -0.15) is 5.10 Å². The Morgan fingerprint density at radius 2 is 1.83 bits per heavy atom. The normalized spacial score (nSPS) is 18.2. The average Bonchev–Trinajstić information content (AvgIpc) is 3.08. The van der Waals surface area contributed by atoms with Crippen LogP contribution in [0.25, 0.3) is 0 Å². The molecule has 152 valence electrons. The van der Waals surface area contributed by atoms with Crippen LogP contribution < -0.4 is 10.1 Å². The summed E-state index contributed by atoms with van der Waals surface area (Å²) in [6.45, 7) is 4.22. The van der Waals surface area contributed by atoms with Crippen LogP contribution in [0.5, 0.6) is 5.75 Å². The van der Waals surface area contributed by atoms with Crippen molar-refractivity contribution in [3.63, 3.8) is 0 Å². The first-order chi connectivity index (χ1) is 13.9. The standard InChI is InChI=1S/C21H22ClN3O4/c1-4-29-17-11-9-16(10-12-17)23-20(27)25-13-21(2,19(26)28-3)18(24-25)14-5-7-15(22)8-6-14/h5-12H,4,13H2,1-3H3,(H,23,27)/t21-/m0/s1. The monoisotopic (exact) mass is 415 g/mol. The summed E-state index contributed by atoms with van der Waals surface area (Å²) in [6, 6.07) is 13.5. The Morgan fingerprint density at radius 3 is 2.41 bits per heavy atom. The van der Waals surface area contributed by atoms with E-state index in [0.29, 0.717) is 34.3 Å². The largest absolute Gasteiger partial charge is 0.494 e. The fraction of sp³-hybridized carbons (Fsp3) is 0.286. The zero-order valence-electron chi connectivity index (χ0n) is 16.4. The lowest BCUT2D eigenvalue weighted by Crippen LogP contribution is -2.42. The summed E-state index contributed by atoms with van der Waals surface area (Å²) in [5.41, 5.74) is 0.633. The van der Waals surface area contributed by atoms with Gasteiger partial charge in [-0.1, -0.05) is 23.7 Å². The van der Waals surface area contributed by atoms with E-state index >= 15 is 0 Å². The molecule has 8 heteroatoms. The fourth-order valence-electron chi connectivity index (χ4n) is 3.12. The molecule has 0 saturated carbocycles. The van der Waals surface area contributed by atoms with Crippen LogP contribution in [0.2, 0.25) is 5.02 Å². The van der Waals surface area contributed by atoms with Crippen molar-refractivity contribution in [2.24, 2.45) is 10.5 Å². The van der Waals surface area contributed by atoms with Gasteiger partial charge in [0.05, 0.1) is 26.0 Å². The topological polar surface area (TPSA) is 80.2 Å². The van der Waals surface area contributed by atoms with Crippen LogP contribution in [0.15, 0.2) is 53.6 Å². The van der Waals surface area contributed by atoms with Gasteiger partial charge in [0.15, 0.2) is 0 Å². The van der Waals surface area contributed by atoms with E-state index in [2.05, 4.69) is 10.4 Å². The highest BCUT2D eigenvalue weighted by Gasteiger charge is 2.48. The molecule has 7 nitrogen and oxygen atoms in total. The number of carbonyl (C=O) groups excluding carboxylic acids is 2. The predicted octanol–water partition coefficient (Wildman–Crippen LogP) is 4.17. The predicted molar refractivity (Wildman–Crippen MR) is 111 cm³/mol. The zero-order chi connectivity index (χ0) is 21.0. The molecule has 0 bridgehead atoms. The van der Waals surface area contributed by atoms with Crippen molar-refractivity contribution in [3.8, 4) is 5.75 Å².